The molecular weight excluding hydrogens is 346 g/mol. The number of fused-ring (bicyclic) bond motifs is 1. The second kappa shape index (κ2) is 7.20. The molecular formula is C17H19NO6S. The van der Waals surface area contributed by atoms with Crippen LogP contribution in [0.1, 0.15) is 5.56 Å². The molecule has 0 atom stereocenters. The van der Waals surface area contributed by atoms with Crippen molar-refractivity contribution in [3.05, 3.63) is 42.0 Å². The van der Waals surface area contributed by atoms with Crippen LogP contribution in [0, 0.1) is 0 Å². The van der Waals surface area contributed by atoms with Gasteiger partial charge in [-0.2, -0.15) is 0 Å². The predicted molar refractivity (Wildman–Crippen MR) is 91.0 cm³/mol. The molecule has 3 rings (SSSR count). The van der Waals surface area contributed by atoms with Crippen LogP contribution in [0.25, 0.3) is 0 Å². The Bertz CT molecular complexity index is 843. The lowest BCUT2D eigenvalue weighted by Crippen LogP contribution is -2.24. The van der Waals surface area contributed by atoms with Crippen molar-refractivity contribution in [2.24, 2.45) is 0 Å². The van der Waals surface area contributed by atoms with Gasteiger partial charge in [0.05, 0.1) is 19.1 Å². The zero-order valence-corrected chi connectivity index (χ0v) is 14.8. The molecule has 0 aliphatic carbocycles. The third-order valence-corrected chi connectivity index (χ3v) is 5.10. The van der Waals surface area contributed by atoms with E-state index in [4.69, 9.17) is 18.9 Å². The third-order valence-electron chi connectivity index (χ3n) is 3.70. The first kappa shape index (κ1) is 17.4. The van der Waals surface area contributed by atoms with E-state index in [0.29, 0.717) is 36.2 Å². The maximum absolute atomic E-state index is 12.5. The minimum absolute atomic E-state index is 0.102. The predicted octanol–water partition coefficient (Wildman–Crippen LogP) is 1.95. The fourth-order valence-electron chi connectivity index (χ4n) is 2.42. The van der Waals surface area contributed by atoms with Crippen LogP contribution in [0.15, 0.2) is 41.3 Å². The van der Waals surface area contributed by atoms with E-state index in [2.05, 4.69) is 4.72 Å². The standard InChI is InChI=1S/C17H19NO6S/c1-21-13-7-12(8-14(9-13)22-2)11-18-25(19,20)15-3-4-16-17(10-15)24-6-5-23-16/h3-4,7-10,18H,5-6,11H2,1-2H3. The second-order valence-corrected chi connectivity index (χ2v) is 7.12. The van der Waals surface area contributed by atoms with E-state index in [9.17, 15) is 8.42 Å². The highest BCUT2D eigenvalue weighted by atomic mass is 32.2. The summed E-state index contributed by atoms with van der Waals surface area (Å²) >= 11 is 0. The summed E-state index contributed by atoms with van der Waals surface area (Å²) in [6, 6.07) is 9.76. The summed E-state index contributed by atoms with van der Waals surface area (Å²) in [6.45, 7) is 0.951. The molecule has 0 amide bonds. The lowest BCUT2D eigenvalue weighted by molar-refractivity contribution is 0.171. The quantitative estimate of drug-likeness (QED) is 0.843. The highest BCUT2D eigenvalue weighted by molar-refractivity contribution is 7.89. The summed E-state index contributed by atoms with van der Waals surface area (Å²) in [7, 11) is -0.619. The molecule has 134 valence electrons. The number of sulfonamides is 1. The molecule has 25 heavy (non-hydrogen) atoms. The molecule has 8 heteroatoms. The molecule has 2 aromatic rings. The van der Waals surface area contributed by atoms with E-state index in [-0.39, 0.29) is 11.4 Å². The molecule has 0 fully saturated rings. The minimum atomic E-state index is -3.70. The van der Waals surface area contributed by atoms with Gasteiger partial charge in [0.25, 0.3) is 0 Å². The molecule has 7 nitrogen and oxygen atoms in total. The molecule has 1 N–H and O–H groups in total. The van der Waals surface area contributed by atoms with Crippen LogP contribution in [-0.2, 0) is 16.6 Å². The first-order valence-corrected chi connectivity index (χ1v) is 9.11. The Kier molecular flexibility index (Phi) is 5.00. The van der Waals surface area contributed by atoms with Gasteiger partial charge in [0, 0.05) is 18.7 Å². The Morgan fingerprint density at radius 2 is 1.60 bits per heavy atom. The summed E-state index contributed by atoms with van der Waals surface area (Å²) in [4.78, 5) is 0.117. The van der Waals surface area contributed by atoms with Crippen LogP contribution < -0.4 is 23.7 Å². The van der Waals surface area contributed by atoms with Crippen LogP contribution in [0.2, 0.25) is 0 Å². The number of methoxy groups -OCH3 is 2. The van der Waals surface area contributed by atoms with E-state index in [1.807, 2.05) is 0 Å². The molecule has 0 saturated carbocycles. The number of hydrogen-bond acceptors (Lipinski definition) is 6. The summed E-state index contributed by atoms with van der Waals surface area (Å²) < 4.78 is 48.8. The Hall–Kier alpha value is -2.45. The van der Waals surface area contributed by atoms with Gasteiger partial charge < -0.3 is 18.9 Å². The van der Waals surface area contributed by atoms with Crippen molar-refractivity contribution < 1.29 is 27.4 Å². The number of hydrogen-bond donors (Lipinski definition) is 1. The summed E-state index contributed by atoms with van der Waals surface area (Å²) in [5.41, 5.74) is 0.720. The smallest absolute Gasteiger partial charge is 0.241 e. The van der Waals surface area contributed by atoms with Crippen LogP contribution in [0.3, 0.4) is 0 Å². The molecule has 0 unspecified atom stereocenters. The molecule has 0 saturated heterocycles. The lowest BCUT2D eigenvalue weighted by Gasteiger charge is -2.19. The Morgan fingerprint density at radius 1 is 0.960 bits per heavy atom. The highest BCUT2D eigenvalue weighted by Gasteiger charge is 2.19. The monoisotopic (exact) mass is 365 g/mol. The van der Waals surface area contributed by atoms with Crippen molar-refractivity contribution in [1.29, 1.82) is 0 Å². The van der Waals surface area contributed by atoms with E-state index in [0.717, 1.165) is 5.56 Å². The van der Waals surface area contributed by atoms with Crippen LogP contribution in [0.4, 0.5) is 0 Å². The van der Waals surface area contributed by atoms with Crippen molar-refractivity contribution in [2.75, 3.05) is 27.4 Å². The fraction of sp³-hybridized carbons (Fsp3) is 0.294. The normalized spacial score (nSPS) is 13.4. The first-order chi connectivity index (χ1) is 12.0. The maximum Gasteiger partial charge on any atom is 0.241 e. The van der Waals surface area contributed by atoms with Crippen LogP contribution in [0.5, 0.6) is 23.0 Å². The Morgan fingerprint density at radius 3 is 2.24 bits per heavy atom. The van der Waals surface area contributed by atoms with Crippen molar-refractivity contribution in [3.8, 4) is 23.0 Å². The number of ether oxygens (including phenoxy) is 4. The van der Waals surface area contributed by atoms with Gasteiger partial charge in [-0.1, -0.05) is 0 Å². The van der Waals surface area contributed by atoms with Gasteiger partial charge >= 0.3 is 0 Å². The average molecular weight is 365 g/mol. The van der Waals surface area contributed by atoms with Crippen molar-refractivity contribution in [1.82, 2.24) is 4.72 Å². The summed E-state index contributed by atoms with van der Waals surface area (Å²) in [5.74, 6) is 2.15. The fourth-order valence-corrected chi connectivity index (χ4v) is 3.45. The van der Waals surface area contributed by atoms with Crippen molar-refractivity contribution >= 4 is 10.0 Å². The zero-order chi connectivity index (χ0) is 17.9. The van der Waals surface area contributed by atoms with Gasteiger partial charge in [-0.05, 0) is 29.8 Å². The molecule has 0 spiro atoms. The highest BCUT2D eigenvalue weighted by Crippen LogP contribution is 2.32. The Labute approximate surface area is 146 Å². The number of benzene rings is 2. The van der Waals surface area contributed by atoms with E-state index >= 15 is 0 Å². The average Bonchev–Trinajstić information content (AvgIpc) is 2.65. The van der Waals surface area contributed by atoms with Gasteiger partial charge in [-0.25, -0.2) is 13.1 Å². The topological polar surface area (TPSA) is 83.1 Å². The van der Waals surface area contributed by atoms with Gasteiger partial charge in [0.2, 0.25) is 10.0 Å². The molecule has 1 aliphatic rings. The van der Waals surface area contributed by atoms with E-state index in [1.54, 1.807) is 24.3 Å². The zero-order valence-electron chi connectivity index (χ0n) is 13.9. The number of nitrogens with one attached hydrogen (secondary N) is 1. The maximum atomic E-state index is 12.5. The minimum Gasteiger partial charge on any atom is -0.497 e. The van der Waals surface area contributed by atoms with Crippen LogP contribution in [-0.4, -0.2) is 35.9 Å². The molecule has 1 heterocycles. The summed E-state index contributed by atoms with van der Waals surface area (Å²) in [5, 5.41) is 0. The van der Waals surface area contributed by atoms with Gasteiger partial charge in [0.1, 0.15) is 24.7 Å². The van der Waals surface area contributed by atoms with E-state index in [1.165, 1.54) is 26.4 Å². The SMILES string of the molecule is COc1cc(CNS(=O)(=O)c2ccc3c(c2)OCCO3)cc(OC)c1. The van der Waals surface area contributed by atoms with Gasteiger partial charge in [-0.15, -0.1) is 0 Å². The Balaban J connectivity index is 1.78. The van der Waals surface area contributed by atoms with Crippen LogP contribution >= 0.6 is 0 Å². The van der Waals surface area contributed by atoms with Crippen molar-refractivity contribution in [2.45, 2.75) is 11.4 Å². The van der Waals surface area contributed by atoms with Crippen molar-refractivity contribution in [3.63, 3.8) is 0 Å². The molecule has 2 aromatic carbocycles. The van der Waals surface area contributed by atoms with E-state index < -0.39 is 10.0 Å². The first-order valence-electron chi connectivity index (χ1n) is 7.63. The second-order valence-electron chi connectivity index (χ2n) is 5.35. The largest absolute Gasteiger partial charge is 0.497 e. The van der Waals surface area contributed by atoms with Gasteiger partial charge in [0.15, 0.2) is 11.5 Å². The number of rotatable bonds is 6. The molecule has 1 aliphatic heterocycles. The molecule has 0 bridgehead atoms. The molecule has 0 radical (unpaired) electrons. The molecule has 0 aromatic heterocycles. The third kappa shape index (κ3) is 3.97. The lowest BCUT2D eigenvalue weighted by atomic mass is 10.2. The summed E-state index contributed by atoms with van der Waals surface area (Å²) in [6.07, 6.45) is 0. The van der Waals surface area contributed by atoms with Gasteiger partial charge in [-0.3, -0.25) is 0 Å².